The van der Waals surface area contributed by atoms with E-state index in [2.05, 4.69) is 5.32 Å². The molecule has 2 heterocycles. The zero-order valence-electron chi connectivity index (χ0n) is 15.1. The molecule has 2 saturated heterocycles. The van der Waals surface area contributed by atoms with Crippen LogP contribution in [0.1, 0.15) is 20.8 Å². The molecule has 8 heteroatoms. The average molecular weight is 378 g/mol. The van der Waals surface area contributed by atoms with Gasteiger partial charge in [-0.3, -0.25) is 9.59 Å². The Kier molecular flexibility index (Phi) is 4.88. The molecule has 0 radical (unpaired) electrons. The molecule has 0 saturated carbocycles. The van der Waals surface area contributed by atoms with Gasteiger partial charge in [0.1, 0.15) is 23.2 Å². The molecule has 0 aromatic heterocycles. The number of benzene rings is 1. The summed E-state index contributed by atoms with van der Waals surface area (Å²) < 4.78 is 9.94. The monoisotopic (exact) mass is 378 g/mol. The van der Waals surface area contributed by atoms with E-state index in [1.54, 1.807) is 19.1 Å². The Labute approximate surface area is 156 Å². The highest BCUT2D eigenvalue weighted by Gasteiger charge is 2.64. The van der Waals surface area contributed by atoms with Crippen LogP contribution in [0, 0.1) is 0 Å². The zero-order chi connectivity index (χ0) is 19.1. The van der Waals surface area contributed by atoms with Gasteiger partial charge in [-0.15, -0.1) is 11.8 Å². The van der Waals surface area contributed by atoms with Crippen LogP contribution in [-0.4, -0.2) is 58.1 Å². The number of methoxy groups -OCH3 is 1. The lowest BCUT2D eigenvalue weighted by atomic mass is 9.96. The average Bonchev–Trinajstić information content (AvgIpc) is 2.87. The number of ether oxygens (including phenoxy) is 2. The molecular formula is C18H22N2O5S. The maximum absolute atomic E-state index is 12.5. The van der Waals surface area contributed by atoms with Crippen LogP contribution in [0.4, 0.5) is 0 Å². The molecule has 7 nitrogen and oxygen atoms in total. The van der Waals surface area contributed by atoms with Crippen LogP contribution in [0.2, 0.25) is 0 Å². The minimum absolute atomic E-state index is 0.274. The smallest absolute Gasteiger partial charge is 0.330 e. The highest BCUT2D eigenvalue weighted by atomic mass is 32.2. The number of para-hydroxylation sites is 1. The van der Waals surface area contributed by atoms with Crippen molar-refractivity contribution in [3.8, 4) is 5.75 Å². The number of esters is 1. The van der Waals surface area contributed by atoms with Crippen LogP contribution in [0.25, 0.3) is 0 Å². The molecule has 2 aliphatic rings. The summed E-state index contributed by atoms with van der Waals surface area (Å²) in [6.45, 7) is 5.42. The van der Waals surface area contributed by atoms with Gasteiger partial charge in [0.2, 0.25) is 5.91 Å². The number of thioether (sulfide) groups is 1. The summed E-state index contributed by atoms with van der Waals surface area (Å²) in [7, 11) is 1.31. The van der Waals surface area contributed by atoms with Crippen LogP contribution >= 0.6 is 11.8 Å². The van der Waals surface area contributed by atoms with E-state index in [1.807, 2.05) is 32.0 Å². The Bertz CT molecular complexity index is 724. The number of fused-ring (bicyclic) bond motifs is 1. The van der Waals surface area contributed by atoms with Crippen molar-refractivity contribution >= 4 is 29.5 Å². The van der Waals surface area contributed by atoms with Crippen LogP contribution < -0.4 is 10.1 Å². The molecule has 1 unspecified atom stereocenters. The molecule has 0 bridgehead atoms. The third kappa shape index (κ3) is 3.13. The summed E-state index contributed by atoms with van der Waals surface area (Å²) in [6, 6.07) is 7.70. The maximum atomic E-state index is 12.5. The van der Waals surface area contributed by atoms with Crippen LogP contribution in [0.15, 0.2) is 30.3 Å². The fourth-order valence-electron chi connectivity index (χ4n) is 3.27. The Morgan fingerprint density at radius 1 is 1.27 bits per heavy atom. The van der Waals surface area contributed by atoms with Gasteiger partial charge in [-0.2, -0.15) is 0 Å². The van der Waals surface area contributed by atoms with Crippen molar-refractivity contribution in [3.05, 3.63) is 30.3 Å². The van der Waals surface area contributed by atoms with Crippen molar-refractivity contribution in [2.45, 2.75) is 49.1 Å². The van der Waals surface area contributed by atoms with Crippen LogP contribution in [0.5, 0.6) is 5.75 Å². The number of rotatable bonds is 5. The Morgan fingerprint density at radius 2 is 1.92 bits per heavy atom. The minimum Gasteiger partial charge on any atom is -0.481 e. The van der Waals surface area contributed by atoms with E-state index < -0.39 is 28.9 Å². The SMILES string of the molecule is COC(=O)[C@@H]1N2C(=O)[C@@H](NC(=O)C(C)Oc3ccccc3)[C@H]2SC1(C)C. The molecule has 1 aromatic rings. The van der Waals surface area contributed by atoms with Gasteiger partial charge in [0.15, 0.2) is 6.10 Å². The third-order valence-corrected chi connectivity index (χ3v) is 6.16. The quantitative estimate of drug-likeness (QED) is 0.612. The lowest BCUT2D eigenvalue weighted by molar-refractivity contribution is -0.163. The van der Waals surface area contributed by atoms with Crippen LogP contribution in [-0.2, 0) is 19.1 Å². The van der Waals surface area contributed by atoms with Crippen LogP contribution in [0.3, 0.4) is 0 Å². The molecule has 2 fully saturated rings. The van der Waals surface area contributed by atoms with Gasteiger partial charge < -0.3 is 19.7 Å². The van der Waals surface area contributed by atoms with E-state index in [0.29, 0.717) is 5.75 Å². The number of carbonyl (C=O) groups excluding carboxylic acids is 3. The molecular weight excluding hydrogens is 356 g/mol. The Morgan fingerprint density at radius 3 is 2.54 bits per heavy atom. The Balaban J connectivity index is 1.64. The van der Waals surface area contributed by atoms with Gasteiger partial charge in [0, 0.05) is 4.75 Å². The molecule has 140 valence electrons. The molecule has 26 heavy (non-hydrogen) atoms. The van der Waals surface area contributed by atoms with Gasteiger partial charge in [0.25, 0.3) is 5.91 Å². The first-order valence-electron chi connectivity index (χ1n) is 8.36. The Hall–Kier alpha value is -2.22. The molecule has 0 spiro atoms. The number of carbonyl (C=O) groups is 3. The summed E-state index contributed by atoms with van der Waals surface area (Å²) in [5.41, 5.74) is 0. The fourth-order valence-corrected chi connectivity index (χ4v) is 4.89. The standard InChI is InChI=1S/C18H22N2O5S/c1-10(25-11-8-6-5-7-9-11)14(21)19-12-15(22)20-13(17(23)24-4)18(2,3)26-16(12)20/h5-10,12-13,16H,1-4H3,(H,19,21)/t10?,12-,13+,16-/m1/s1. The molecule has 2 aliphatic heterocycles. The van der Waals surface area contributed by atoms with Gasteiger partial charge in [-0.1, -0.05) is 18.2 Å². The number of nitrogens with zero attached hydrogens (tertiary/aromatic N) is 1. The predicted molar refractivity (Wildman–Crippen MR) is 96.6 cm³/mol. The normalized spacial score (nSPS) is 27.2. The van der Waals surface area contributed by atoms with Gasteiger partial charge >= 0.3 is 5.97 Å². The third-order valence-electron chi connectivity index (χ3n) is 4.59. The number of hydrogen-bond acceptors (Lipinski definition) is 6. The largest absolute Gasteiger partial charge is 0.481 e. The summed E-state index contributed by atoms with van der Waals surface area (Å²) in [4.78, 5) is 38.5. The van der Waals surface area contributed by atoms with E-state index in [1.165, 1.54) is 23.8 Å². The lowest BCUT2D eigenvalue weighted by Crippen LogP contribution is -2.71. The van der Waals surface area contributed by atoms with Gasteiger partial charge in [-0.05, 0) is 32.9 Å². The second-order valence-corrected chi connectivity index (χ2v) is 8.61. The van der Waals surface area contributed by atoms with Gasteiger partial charge in [0.05, 0.1) is 7.11 Å². The first-order valence-corrected chi connectivity index (χ1v) is 9.24. The second kappa shape index (κ2) is 6.83. The highest BCUT2D eigenvalue weighted by molar-refractivity contribution is 8.01. The second-order valence-electron chi connectivity index (χ2n) is 6.84. The fraction of sp³-hybridized carbons (Fsp3) is 0.500. The molecule has 3 rings (SSSR count). The molecule has 1 aromatic carbocycles. The van der Waals surface area contributed by atoms with E-state index in [0.717, 1.165) is 0 Å². The number of hydrogen-bond donors (Lipinski definition) is 1. The van der Waals surface area contributed by atoms with Crippen molar-refractivity contribution in [2.75, 3.05) is 7.11 Å². The highest BCUT2D eigenvalue weighted by Crippen LogP contribution is 2.51. The zero-order valence-corrected chi connectivity index (χ0v) is 15.9. The van der Waals surface area contributed by atoms with E-state index in [4.69, 9.17) is 9.47 Å². The summed E-state index contributed by atoms with van der Waals surface area (Å²) in [5, 5.41) is 2.46. The topological polar surface area (TPSA) is 84.9 Å². The van der Waals surface area contributed by atoms with Crippen molar-refractivity contribution < 1.29 is 23.9 Å². The summed E-state index contributed by atoms with van der Waals surface area (Å²) >= 11 is 1.49. The maximum Gasteiger partial charge on any atom is 0.330 e. The minimum atomic E-state index is -0.741. The van der Waals surface area contributed by atoms with Crippen molar-refractivity contribution in [2.24, 2.45) is 0 Å². The molecule has 1 N–H and O–H groups in total. The predicted octanol–water partition coefficient (Wildman–Crippen LogP) is 1.17. The van der Waals surface area contributed by atoms with Crippen molar-refractivity contribution in [3.63, 3.8) is 0 Å². The lowest BCUT2D eigenvalue weighted by Gasteiger charge is -2.44. The molecule has 4 atom stereocenters. The molecule has 0 aliphatic carbocycles. The first kappa shape index (κ1) is 18.6. The first-order chi connectivity index (χ1) is 12.3. The van der Waals surface area contributed by atoms with Gasteiger partial charge in [-0.25, -0.2) is 4.79 Å². The molecule has 2 amide bonds. The van der Waals surface area contributed by atoms with E-state index >= 15 is 0 Å². The number of nitrogens with one attached hydrogen (secondary N) is 1. The summed E-state index contributed by atoms with van der Waals surface area (Å²) in [6.07, 6.45) is -0.741. The van der Waals surface area contributed by atoms with Crippen molar-refractivity contribution in [1.29, 1.82) is 0 Å². The van der Waals surface area contributed by atoms with E-state index in [9.17, 15) is 14.4 Å². The number of amides is 2. The summed E-state index contributed by atoms with van der Waals surface area (Å²) in [5.74, 6) is -0.502. The van der Waals surface area contributed by atoms with E-state index in [-0.39, 0.29) is 17.2 Å². The number of β-lactam (4-membered cyclic amide) rings is 1. The van der Waals surface area contributed by atoms with Crippen molar-refractivity contribution in [1.82, 2.24) is 10.2 Å².